The number of anilines is 2. The molecular formula is C22H30N2. The Hall–Kier alpha value is -2.22. The van der Waals surface area contributed by atoms with E-state index in [1.807, 2.05) is 0 Å². The molecule has 0 spiro atoms. The quantitative estimate of drug-likeness (QED) is 0.644. The molecule has 2 nitrogen and oxygen atoms in total. The Morgan fingerprint density at radius 2 is 1.17 bits per heavy atom. The van der Waals surface area contributed by atoms with Gasteiger partial charge in [0.05, 0.1) is 0 Å². The van der Waals surface area contributed by atoms with Gasteiger partial charge < -0.3 is 9.80 Å². The van der Waals surface area contributed by atoms with Gasteiger partial charge in [0, 0.05) is 38.1 Å². The summed E-state index contributed by atoms with van der Waals surface area (Å²) in [5.74, 6) is 0. The molecule has 2 aromatic carbocycles. The van der Waals surface area contributed by atoms with Gasteiger partial charge >= 0.3 is 0 Å². The van der Waals surface area contributed by atoms with E-state index in [2.05, 4.69) is 112 Å². The van der Waals surface area contributed by atoms with Crippen molar-refractivity contribution in [3.8, 4) is 0 Å². The van der Waals surface area contributed by atoms with Gasteiger partial charge in [-0.05, 0) is 55.7 Å². The highest BCUT2D eigenvalue weighted by Crippen LogP contribution is 2.25. The van der Waals surface area contributed by atoms with Gasteiger partial charge in [-0.25, -0.2) is 0 Å². The third-order valence-electron chi connectivity index (χ3n) is 4.93. The van der Waals surface area contributed by atoms with Gasteiger partial charge in [0.25, 0.3) is 0 Å². The van der Waals surface area contributed by atoms with Crippen LogP contribution in [0.25, 0.3) is 12.2 Å². The zero-order chi connectivity index (χ0) is 17.7. The number of nitrogens with zero attached hydrogens (tertiary/aromatic N) is 2. The zero-order valence-corrected chi connectivity index (χ0v) is 15.9. The summed E-state index contributed by atoms with van der Waals surface area (Å²) < 4.78 is 0. The van der Waals surface area contributed by atoms with Gasteiger partial charge in [-0.2, -0.15) is 0 Å². The molecule has 0 amide bonds. The van der Waals surface area contributed by atoms with Crippen LogP contribution in [0.3, 0.4) is 0 Å². The van der Waals surface area contributed by atoms with E-state index < -0.39 is 0 Å². The summed E-state index contributed by atoms with van der Waals surface area (Å²) in [6.07, 6.45) is 5.45. The Kier molecular flexibility index (Phi) is 5.71. The van der Waals surface area contributed by atoms with Crippen LogP contribution in [0.5, 0.6) is 0 Å². The van der Waals surface area contributed by atoms with E-state index in [-0.39, 0.29) is 5.54 Å². The fraction of sp³-hybridized carbons (Fsp3) is 0.364. The van der Waals surface area contributed by atoms with Crippen LogP contribution in [0.2, 0.25) is 0 Å². The van der Waals surface area contributed by atoms with E-state index in [9.17, 15) is 0 Å². The van der Waals surface area contributed by atoms with Gasteiger partial charge in [-0.15, -0.1) is 0 Å². The molecule has 0 unspecified atom stereocenters. The topological polar surface area (TPSA) is 6.48 Å². The van der Waals surface area contributed by atoms with E-state index in [4.69, 9.17) is 0 Å². The summed E-state index contributed by atoms with van der Waals surface area (Å²) >= 11 is 0. The maximum absolute atomic E-state index is 2.35. The van der Waals surface area contributed by atoms with Crippen molar-refractivity contribution in [3.63, 3.8) is 0 Å². The van der Waals surface area contributed by atoms with Crippen molar-refractivity contribution in [2.24, 2.45) is 0 Å². The van der Waals surface area contributed by atoms with Gasteiger partial charge in [0.2, 0.25) is 0 Å². The van der Waals surface area contributed by atoms with Crippen LogP contribution in [0, 0.1) is 0 Å². The molecule has 0 aliphatic carbocycles. The predicted molar refractivity (Wildman–Crippen MR) is 109 cm³/mol. The van der Waals surface area contributed by atoms with Gasteiger partial charge in [-0.3, -0.25) is 0 Å². The van der Waals surface area contributed by atoms with Gasteiger partial charge in [-0.1, -0.05) is 43.3 Å². The molecule has 2 aromatic rings. The average Bonchev–Trinajstić information content (AvgIpc) is 2.60. The first-order valence-corrected chi connectivity index (χ1v) is 8.63. The molecule has 0 saturated carbocycles. The minimum absolute atomic E-state index is 0.172. The van der Waals surface area contributed by atoms with Crippen molar-refractivity contribution in [2.45, 2.75) is 32.7 Å². The van der Waals surface area contributed by atoms with Crippen LogP contribution < -0.4 is 9.80 Å². The molecule has 2 rings (SSSR count). The third kappa shape index (κ3) is 4.41. The fourth-order valence-electron chi connectivity index (χ4n) is 2.47. The normalized spacial score (nSPS) is 11.8. The van der Waals surface area contributed by atoms with Crippen LogP contribution in [0.4, 0.5) is 11.4 Å². The Bertz CT molecular complexity index is 664. The molecule has 128 valence electrons. The molecular weight excluding hydrogens is 292 g/mol. The number of hydrogen-bond acceptors (Lipinski definition) is 2. The highest BCUT2D eigenvalue weighted by Gasteiger charge is 2.21. The number of hydrogen-bond donors (Lipinski definition) is 0. The first-order chi connectivity index (χ1) is 11.3. The largest absolute Gasteiger partial charge is 0.378 e. The molecule has 0 aromatic heterocycles. The lowest BCUT2D eigenvalue weighted by Crippen LogP contribution is -2.40. The first kappa shape index (κ1) is 18.1. The minimum Gasteiger partial charge on any atom is -0.378 e. The molecule has 0 N–H and O–H groups in total. The fourth-order valence-corrected chi connectivity index (χ4v) is 2.47. The smallest absolute Gasteiger partial charge is 0.0368 e. The molecule has 24 heavy (non-hydrogen) atoms. The van der Waals surface area contributed by atoms with E-state index in [0.29, 0.717) is 0 Å². The van der Waals surface area contributed by atoms with Crippen LogP contribution in [-0.4, -0.2) is 26.7 Å². The van der Waals surface area contributed by atoms with E-state index in [1.54, 1.807) is 0 Å². The van der Waals surface area contributed by atoms with Crippen molar-refractivity contribution < 1.29 is 0 Å². The maximum atomic E-state index is 2.35. The Labute approximate surface area is 147 Å². The van der Waals surface area contributed by atoms with Crippen molar-refractivity contribution in [2.75, 3.05) is 30.9 Å². The van der Waals surface area contributed by atoms with Crippen LogP contribution >= 0.6 is 0 Å². The SMILES string of the molecule is CCC(C)(C)N(C)c1ccc(/C=C/c2ccc(N(C)C)cc2)cc1. The summed E-state index contributed by atoms with van der Waals surface area (Å²) in [4.78, 5) is 4.46. The Balaban J connectivity index is 2.08. The Morgan fingerprint density at radius 3 is 1.54 bits per heavy atom. The predicted octanol–water partition coefficient (Wildman–Crippen LogP) is 5.55. The van der Waals surface area contributed by atoms with E-state index in [1.165, 1.54) is 22.5 Å². The number of rotatable bonds is 6. The van der Waals surface area contributed by atoms with Crippen molar-refractivity contribution >= 4 is 23.5 Å². The lowest BCUT2D eigenvalue weighted by Gasteiger charge is -2.36. The lowest BCUT2D eigenvalue weighted by molar-refractivity contribution is 0.471. The van der Waals surface area contributed by atoms with Crippen molar-refractivity contribution in [3.05, 3.63) is 59.7 Å². The summed E-state index contributed by atoms with van der Waals surface area (Å²) in [6.45, 7) is 6.78. The van der Waals surface area contributed by atoms with Crippen LogP contribution in [-0.2, 0) is 0 Å². The second-order valence-corrected chi connectivity index (χ2v) is 7.14. The third-order valence-corrected chi connectivity index (χ3v) is 4.93. The molecule has 2 heteroatoms. The second-order valence-electron chi connectivity index (χ2n) is 7.14. The van der Waals surface area contributed by atoms with E-state index >= 15 is 0 Å². The molecule has 0 aliphatic rings. The molecule has 0 radical (unpaired) electrons. The lowest BCUT2D eigenvalue weighted by atomic mass is 9.99. The summed E-state index contributed by atoms with van der Waals surface area (Å²) in [6, 6.07) is 17.4. The molecule has 0 atom stereocenters. The first-order valence-electron chi connectivity index (χ1n) is 8.63. The van der Waals surface area contributed by atoms with Crippen molar-refractivity contribution in [1.29, 1.82) is 0 Å². The van der Waals surface area contributed by atoms with Crippen LogP contribution in [0.1, 0.15) is 38.3 Å². The standard InChI is InChI=1S/C22H30N2/c1-7-22(2,3)24(6)21-16-12-19(13-17-21)9-8-18-10-14-20(15-11-18)23(4)5/h8-17H,7H2,1-6H3/b9-8+. The summed E-state index contributed by atoms with van der Waals surface area (Å²) in [5.41, 5.74) is 5.09. The molecule has 0 bridgehead atoms. The summed E-state index contributed by atoms with van der Waals surface area (Å²) in [7, 11) is 6.28. The zero-order valence-electron chi connectivity index (χ0n) is 15.9. The highest BCUT2D eigenvalue weighted by molar-refractivity contribution is 5.71. The molecule has 0 fully saturated rings. The van der Waals surface area contributed by atoms with Gasteiger partial charge in [0.1, 0.15) is 0 Å². The highest BCUT2D eigenvalue weighted by atomic mass is 15.2. The Morgan fingerprint density at radius 1 is 0.750 bits per heavy atom. The second kappa shape index (κ2) is 7.57. The maximum Gasteiger partial charge on any atom is 0.0368 e. The molecule has 0 saturated heterocycles. The van der Waals surface area contributed by atoms with Crippen molar-refractivity contribution in [1.82, 2.24) is 0 Å². The minimum atomic E-state index is 0.172. The monoisotopic (exact) mass is 322 g/mol. The number of benzene rings is 2. The average molecular weight is 322 g/mol. The van der Waals surface area contributed by atoms with E-state index in [0.717, 1.165) is 6.42 Å². The molecule has 0 aliphatic heterocycles. The van der Waals surface area contributed by atoms with Gasteiger partial charge in [0.15, 0.2) is 0 Å². The summed E-state index contributed by atoms with van der Waals surface area (Å²) in [5, 5.41) is 0. The molecule has 0 heterocycles. The van der Waals surface area contributed by atoms with Crippen LogP contribution in [0.15, 0.2) is 48.5 Å².